The lowest BCUT2D eigenvalue weighted by Crippen LogP contribution is -2.49. The number of carbonyl (C=O) groups is 3. The van der Waals surface area contributed by atoms with Crippen molar-refractivity contribution in [2.24, 2.45) is 0 Å². The molecule has 33 heavy (non-hydrogen) atoms. The third-order valence-electron chi connectivity index (χ3n) is 5.42. The normalized spacial score (nSPS) is 18.5. The molecule has 7 nitrogen and oxygen atoms in total. The van der Waals surface area contributed by atoms with Gasteiger partial charge in [0.25, 0.3) is 11.8 Å². The molecule has 1 aliphatic rings. The second-order valence-electron chi connectivity index (χ2n) is 7.62. The van der Waals surface area contributed by atoms with Crippen molar-refractivity contribution < 1.29 is 19.1 Å². The van der Waals surface area contributed by atoms with E-state index in [1.54, 1.807) is 38.3 Å². The van der Waals surface area contributed by atoms with E-state index < -0.39 is 28.6 Å². The van der Waals surface area contributed by atoms with Crippen LogP contribution in [0.1, 0.15) is 23.3 Å². The summed E-state index contributed by atoms with van der Waals surface area (Å²) in [4.78, 5) is 40.1. The smallest absolute Gasteiger partial charge is 0.344 e. The van der Waals surface area contributed by atoms with Gasteiger partial charge in [-0.15, -0.1) is 11.8 Å². The number of thioether (sulfide) groups is 1. The molecule has 4 rings (SSSR count). The van der Waals surface area contributed by atoms with Gasteiger partial charge >= 0.3 is 6.03 Å². The minimum atomic E-state index is -1.31. The Balaban J connectivity index is 1.57. The molecule has 0 radical (unpaired) electrons. The molecular formula is C25H23N3O4S. The number of amides is 4. The molecule has 1 saturated heterocycles. The van der Waals surface area contributed by atoms with Gasteiger partial charge in [0.1, 0.15) is 16.5 Å². The fourth-order valence-electron chi connectivity index (χ4n) is 3.57. The molecular weight excluding hydrogens is 438 g/mol. The summed E-state index contributed by atoms with van der Waals surface area (Å²) in [5.74, 6) is -0.409. The van der Waals surface area contributed by atoms with Crippen molar-refractivity contribution in [1.29, 1.82) is 0 Å². The van der Waals surface area contributed by atoms with E-state index in [-0.39, 0.29) is 0 Å². The molecule has 0 aromatic heterocycles. The van der Waals surface area contributed by atoms with Crippen LogP contribution in [0.25, 0.3) is 0 Å². The number of nitrogens with one attached hydrogen (secondary N) is 2. The number of urea groups is 1. The number of imide groups is 1. The molecule has 8 heteroatoms. The number of methoxy groups -OCH3 is 1. The zero-order chi connectivity index (χ0) is 23.4. The van der Waals surface area contributed by atoms with Crippen LogP contribution in [-0.2, 0) is 15.1 Å². The first kappa shape index (κ1) is 22.4. The maximum absolute atomic E-state index is 13.3. The number of hydrogen-bond donors (Lipinski definition) is 2. The van der Waals surface area contributed by atoms with Crippen molar-refractivity contribution in [2.45, 2.75) is 22.6 Å². The van der Waals surface area contributed by atoms with E-state index in [0.29, 0.717) is 11.3 Å². The van der Waals surface area contributed by atoms with Crippen LogP contribution in [0.4, 0.5) is 4.79 Å². The van der Waals surface area contributed by atoms with Crippen LogP contribution >= 0.6 is 11.8 Å². The SMILES string of the molecule is COc1ccc([C@@]2(C)NC(=O)N(NC(=O)[C@H](Sc3ccccc3)c3ccccc3)C2=O)cc1. The van der Waals surface area contributed by atoms with E-state index >= 15 is 0 Å². The number of hydrogen-bond acceptors (Lipinski definition) is 5. The molecule has 0 unspecified atom stereocenters. The highest BCUT2D eigenvalue weighted by atomic mass is 32.2. The minimum Gasteiger partial charge on any atom is -0.497 e. The van der Waals surface area contributed by atoms with Crippen molar-refractivity contribution in [1.82, 2.24) is 15.8 Å². The first-order valence-corrected chi connectivity index (χ1v) is 11.2. The number of ether oxygens (including phenoxy) is 1. The van der Waals surface area contributed by atoms with Gasteiger partial charge in [-0.1, -0.05) is 60.7 Å². The summed E-state index contributed by atoms with van der Waals surface area (Å²) in [6.07, 6.45) is 0. The third kappa shape index (κ3) is 4.56. The summed E-state index contributed by atoms with van der Waals surface area (Å²) in [5.41, 5.74) is 2.56. The quantitative estimate of drug-likeness (QED) is 0.410. The molecule has 2 N–H and O–H groups in total. The number of rotatable bonds is 7. The fraction of sp³-hybridized carbons (Fsp3) is 0.160. The summed E-state index contributed by atoms with van der Waals surface area (Å²) in [6, 6.07) is 24.9. The van der Waals surface area contributed by atoms with Crippen molar-refractivity contribution >= 4 is 29.6 Å². The van der Waals surface area contributed by atoms with Crippen LogP contribution in [0, 0.1) is 0 Å². The molecule has 1 aliphatic heterocycles. The monoisotopic (exact) mass is 461 g/mol. The lowest BCUT2D eigenvalue weighted by molar-refractivity contribution is -0.138. The predicted octanol–water partition coefficient (Wildman–Crippen LogP) is 4.03. The number of benzene rings is 3. The van der Waals surface area contributed by atoms with Gasteiger partial charge in [0.05, 0.1) is 7.11 Å². The molecule has 3 aromatic carbocycles. The van der Waals surface area contributed by atoms with Gasteiger partial charge < -0.3 is 10.1 Å². The third-order valence-corrected chi connectivity index (χ3v) is 6.68. The van der Waals surface area contributed by atoms with Gasteiger partial charge in [0.2, 0.25) is 0 Å². The highest BCUT2D eigenvalue weighted by Gasteiger charge is 2.50. The molecule has 1 heterocycles. The molecule has 3 aromatic rings. The molecule has 0 aliphatic carbocycles. The Bertz CT molecular complexity index is 1160. The van der Waals surface area contributed by atoms with Crippen LogP contribution in [0.2, 0.25) is 0 Å². The molecule has 0 saturated carbocycles. The van der Waals surface area contributed by atoms with Gasteiger partial charge in [-0.3, -0.25) is 15.0 Å². The van der Waals surface area contributed by atoms with Gasteiger partial charge in [-0.2, -0.15) is 5.01 Å². The highest BCUT2D eigenvalue weighted by molar-refractivity contribution is 8.00. The lowest BCUT2D eigenvalue weighted by Gasteiger charge is -2.23. The van der Waals surface area contributed by atoms with Crippen LogP contribution < -0.4 is 15.5 Å². The van der Waals surface area contributed by atoms with E-state index in [0.717, 1.165) is 15.5 Å². The number of hydrazine groups is 1. The second-order valence-corrected chi connectivity index (χ2v) is 8.80. The summed E-state index contributed by atoms with van der Waals surface area (Å²) in [5, 5.41) is 2.79. The minimum absolute atomic E-state index is 0.475. The fourth-order valence-corrected chi connectivity index (χ4v) is 4.60. The summed E-state index contributed by atoms with van der Waals surface area (Å²) in [6.45, 7) is 1.61. The number of carbonyl (C=O) groups excluding carboxylic acids is 3. The summed E-state index contributed by atoms with van der Waals surface area (Å²) in [7, 11) is 1.55. The summed E-state index contributed by atoms with van der Waals surface area (Å²) < 4.78 is 5.16. The van der Waals surface area contributed by atoms with Crippen LogP contribution in [0.3, 0.4) is 0 Å². The molecule has 2 atom stereocenters. The Morgan fingerprint density at radius 3 is 2.18 bits per heavy atom. The van der Waals surface area contributed by atoms with Crippen molar-refractivity contribution in [3.8, 4) is 5.75 Å². The molecule has 1 fully saturated rings. The Kier molecular flexibility index (Phi) is 6.37. The zero-order valence-corrected chi connectivity index (χ0v) is 19.0. The van der Waals surface area contributed by atoms with Gasteiger partial charge in [0.15, 0.2) is 0 Å². The van der Waals surface area contributed by atoms with Crippen molar-refractivity contribution in [3.05, 3.63) is 96.1 Å². The van der Waals surface area contributed by atoms with Gasteiger partial charge in [0, 0.05) is 4.90 Å². The summed E-state index contributed by atoms with van der Waals surface area (Å²) >= 11 is 1.34. The molecule has 0 spiro atoms. The Morgan fingerprint density at radius 2 is 1.58 bits per heavy atom. The van der Waals surface area contributed by atoms with E-state index in [2.05, 4.69) is 10.7 Å². The molecule has 168 valence electrons. The van der Waals surface area contributed by atoms with Gasteiger partial charge in [-0.05, 0) is 42.3 Å². The highest BCUT2D eigenvalue weighted by Crippen LogP contribution is 2.36. The molecule has 4 amide bonds. The van der Waals surface area contributed by atoms with Gasteiger partial charge in [-0.25, -0.2) is 4.79 Å². The van der Waals surface area contributed by atoms with Crippen LogP contribution in [0.15, 0.2) is 89.8 Å². The zero-order valence-electron chi connectivity index (χ0n) is 18.1. The van der Waals surface area contributed by atoms with Crippen LogP contribution in [0.5, 0.6) is 5.75 Å². The van der Waals surface area contributed by atoms with E-state index in [1.165, 1.54) is 11.8 Å². The maximum Gasteiger partial charge on any atom is 0.344 e. The van der Waals surface area contributed by atoms with Crippen molar-refractivity contribution in [2.75, 3.05) is 7.11 Å². The van der Waals surface area contributed by atoms with Crippen LogP contribution in [-0.4, -0.2) is 30.0 Å². The number of nitrogens with zero attached hydrogens (tertiary/aromatic N) is 1. The average Bonchev–Trinajstić information content (AvgIpc) is 3.07. The standard InChI is InChI=1S/C25H23N3O4S/c1-25(18-13-15-19(32-2)16-14-18)23(30)28(24(31)26-25)27-22(29)21(17-9-5-3-6-10-17)33-20-11-7-4-8-12-20/h3-16,21H,1-2H3,(H,26,31)(H,27,29)/t21-,25-/m1/s1. The van der Waals surface area contributed by atoms with E-state index in [4.69, 9.17) is 4.74 Å². The van der Waals surface area contributed by atoms with Crippen molar-refractivity contribution in [3.63, 3.8) is 0 Å². The maximum atomic E-state index is 13.3. The first-order chi connectivity index (χ1) is 15.9. The largest absolute Gasteiger partial charge is 0.497 e. The predicted molar refractivity (Wildman–Crippen MR) is 125 cm³/mol. The lowest BCUT2D eigenvalue weighted by atomic mass is 9.92. The first-order valence-electron chi connectivity index (χ1n) is 10.3. The Morgan fingerprint density at radius 1 is 0.970 bits per heavy atom. The Labute approximate surface area is 196 Å². The Hall–Kier alpha value is -3.78. The second kappa shape index (κ2) is 9.38. The van der Waals surface area contributed by atoms with E-state index in [9.17, 15) is 14.4 Å². The average molecular weight is 462 g/mol. The topological polar surface area (TPSA) is 87.7 Å². The van der Waals surface area contributed by atoms with E-state index in [1.807, 2.05) is 60.7 Å². The molecule has 0 bridgehead atoms.